The monoisotopic (exact) mass is 415 g/mol. The first kappa shape index (κ1) is 22.8. The summed E-state index contributed by atoms with van der Waals surface area (Å²) in [5.74, 6) is -6.38. The molecule has 0 aromatic carbocycles. The molecule has 2 unspecified atom stereocenters. The molecule has 6 nitrogen and oxygen atoms in total. The summed E-state index contributed by atoms with van der Waals surface area (Å²) in [5.41, 5.74) is 0. The Morgan fingerprint density at radius 3 is 2.36 bits per heavy atom. The summed E-state index contributed by atoms with van der Waals surface area (Å²) >= 11 is 0. The third-order valence-electron chi connectivity index (χ3n) is 4.98. The van der Waals surface area contributed by atoms with E-state index in [0.29, 0.717) is 6.92 Å². The minimum Gasteiger partial charge on any atom is -0.381 e. The average Bonchev–Trinajstić information content (AvgIpc) is 3.40. The maximum Gasteiger partial charge on any atom is 0.391 e. The van der Waals surface area contributed by atoms with Crippen LogP contribution in [-0.4, -0.2) is 59.8 Å². The highest BCUT2D eigenvalue weighted by Crippen LogP contribution is 2.34. The van der Waals surface area contributed by atoms with Gasteiger partial charge in [0.15, 0.2) is 6.10 Å². The van der Waals surface area contributed by atoms with Crippen LogP contribution in [0.3, 0.4) is 0 Å². The third kappa shape index (κ3) is 7.16. The van der Waals surface area contributed by atoms with E-state index in [1.165, 1.54) is 0 Å². The quantitative estimate of drug-likeness (QED) is 0.452. The van der Waals surface area contributed by atoms with E-state index in [0.717, 1.165) is 12.8 Å². The molecule has 2 fully saturated rings. The first-order valence-corrected chi connectivity index (χ1v) is 9.33. The fourth-order valence-corrected chi connectivity index (χ4v) is 3.11. The average molecular weight is 415 g/mol. The van der Waals surface area contributed by atoms with Crippen molar-refractivity contribution in [2.75, 3.05) is 6.54 Å². The molecule has 0 spiro atoms. The minimum atomic E-state index is -4.44. The Balaban J connectivity index is 2.00. The van der Waals surface area contributed by atoms with Gasteiger partial charge in [-0.25, -0.2) is 8.78 Å². The Kier molecular flexibility index (Phi) is 7.24. The van der Waals surface area contributed by atoms with Crippen LogP contribution in [0.25, 0.3) is 0 Å². The second-order valence-electron chi connectivity index (χ2n) is 7.72. The van der Waals surface area contributed by atoms with Gasteiger partial charge in [0, 0.05) is 12.5 Å². The Morgan fingerprint density at radius 1 is 1.18 bits per heavy atom. The van der Waals surface area contributed by atoms with Crippen LogP contribution < -0.4 is 16.0 Å². The maximum atomic E-state index is 13.2. The van der Waals surface area contributed by atoms with Gasteiger partial charge in [0.2, 0.25) is 11.8 Å². The molecular weight excluding hydrogens is 389 g/mol. The molecule has 28 heavy (non-hydrogen) atoms. The van der Waals surface area contributed by atoms with Gasteiger partial charge in [-0.1, -0.05) is 0 Å². The van der Waals surface area contributed by atoms with Crippen molar-refractivity contribution in [2.24, 2.45) is 5.92 Å². The number of aliphatic hydroxyl groups is 1. The molecule has 0 aromatic heterocycles. The van der Waals surface area contributed by atoms with Gasteiger partial charge in [-0.3, -0.25) is 9.59 Å². The minimum absolute atomic E-state index is 0.0231. The zero-order valence-electron chi connectivity index (χ0n) is 15.5. The van der Waals surface area contributed by atoms with Crippen molar-refractivity contribution in [2.45, 2.75) is 81.8 Å². The van der Waals surface area contributed by atoms with Gasteiger partial charge in [-0.2, -0.15) is 13.2 Å². The molecule has 2 amide bonds. The van der Waals surface area contributed by atoms with E-state index in [1.807, 2.05) is 0 Å². The van der Waals surface area contributed by atoms with Crippen LogP contribution in [0.1, 0.15) is 45.4 Å². The molecule has 1 heterocycles. The Morgan fingerprint density at radius 2 is 1.82 bits per heavy atom. The number of carbonyl (C=O) groups excluding carboxylic acids is 2. The lowest BCUT2D eigenvalue weighted by atomic mass is 9.91. The molecule has 1 aliphatic heterocycles. The number of hydrogen-bond donors (Lipinski definition) is 4. The largest absolute Gasteiger partial charge is 0.391 e. The second kappa shape index (κ2) is 8.89. The SMILES string of the molecule is CC(F)(F)CCC(NC(=O)[C@@H]1C[C@H](C(F)(F)F)CCN1)C(O)C(=O)NC1CC1. The van der Waals surface area contributed by atoms with E-state index in [-0.39, 0.29) is 19.0 Å². The van der Waals surface area contributed by atoms with Crippen LogP contribution in [0.2, 0.25) is 0 Å². The summed E-state index contributed by atoms with van der Waals surface area (Å²) in [5, 5.41) is 17.7. The predicted molar refractivity (Wildman–Crippen MR) is 89.5 cm³/mol. The lowest BCUT2D eigenvalue weighted by Crippen LogP contribution is -2.57. The van der Waals surface area contributed by atoms with Gasteiger partial charge >= 0.3 is 6.18 Å². The van der Waals surface area contributed by atoms with Gasteiger partial charge in [0.05, 0.1) is 18.0 Å². The normalized spacial score (nSPS) is 25.7. The molecule has 0 aromatic rings. The van der Waals surface area contributed by atoms with Crippen molar-refractivity contribution in [1.29, 1.82) is 0 Å². The van der Waals surface area contributed by atoms with Gasteiger partial charge in [0.1, 0.15) is 0 Å². The highest BCUT2D eigenvalue weighted by molar-refractivity contribution is 5.85. The summed E-state index contributed by atoms with van der Waals surface area (Å²) in [6, 6.07) is -2.59. The van der Waals surface area contributed by atoms with Crippen LogP contribution in [0.4, 0.5) is 22.0 Å². The number of amides is 2. The fourth-order valence-electron chi connectivity index (χ4n) is 3.11. The fraction of sp³-hybridized carbons (Fsp3) is 0.882. The third-order valence-corrected chi connectivity index (χ3v) is 4.98. The van der Waals surface area contributed by atoms with E-state index < -0.39 is 67.3 Å². The highest BCUT2D eigenvalue weighted by atomic mass is 19.4. The lowest BCUT2D eigenvalue weighted by Gasteiger charge is -2.32. The number of rotatable bonds is 8. The standard InChI is InChI=1S/C17H26F5N3O3/c1-16(18,19)6-4-11(13(26)15(28)24-10-2-3-10)25-14(27)12-8-9(5-7-23-12)17(20,21)22/h9-13,23,26H,2-8H2,1H3,(H,24,28)(H,25,27)/t9-,11?,12+,13?/m1/s1. The van der Waals surface area contributed by atoms with Gasteiger partial charge in [-0.05, 0) is 45.6 Å². The second-order valence-corrected chi connectivity index (χ2v) is 7.72. The first-order chi connectivity index (χ1) is 12.9. The summed E-state index contributed by atoms with van der Waals surface area (Å²) in [7, 11) is 0. The number of hydrogen-bond acceptors (Lipinski definition) is 4. The summed E-state index contributed by atoms with van der Waals surface area (Å²) < 4.78 is 65.2. The molecule has 0 bridgehead atoms. The summed E-state index contributed by atoms with van der Waals surface area (Å²) in [6.07, 6.45) is -6.47. The molecule has 11 heteroatoms. The molecule has 4 N–H and O–H groups in total. The zero-order chi connectivity index (χ0) is 21.1. The Bertz CT molecular complexity index is 563. The topological polar surface area (TPSA) is 90.5 Å². The van der Waals surface area contributed by atoms with Crippen molar-refractivity contribution in [3.63, 3.8) is 0 Å². The van der Waals surface area contributed by atoms with Crippen molar-refractivity contribution in [3.8, 4) is 0 Å². The van der Waals surface area contributed by atoms with E-state index in [2.05, 4.69) is 16.0 Å². The van der Waals surface area contributed by atoms with E-state index in [9.17, 15) is 36.6 Å². The van der Waals surface area contributed by atoms with Gasteiger partial charge in [-0.15, -0.1) is 0 Å². The van der Waals surface area contributed by atoms with Gasteiger partial charge in [0.25, 0.3) is 5.91 Å². The van der Waals surface area contributed by atoms with E-state index >= 15 is 0 Å². The van der Waals surface area contributed by atoms with Crippen molar-refractivity contribution < 1.29 is 36.6 Å². The molecule has 1 saturated heterocycles. The molecule has 0 radical (unpaired) electrons. The molecule has 1 aliphatic carbocycles. The number of piperidine rings is 1. The van der Waals surface area contributed by atoms with Crippen molar-refractivity contribution >= 4 is 11.8 Å². The molecule has 162 valence electrons. The Hall–Kier alpha value is -1.49. The Labute approximate surface area is 159 Å². The molecule has 2 rings (SSSR count). The van der Waals surface area contributed by atoms with Gasteiger partial charge < -0.3 is 21.1 Å². The van der Waals surface area contributed by atoms with Crippen LogP contribution in [0, 0.1) is 5.92 Å². The predicted octanol–water partition coefficient (Wildman–Crippen LogP) is 1.48. The van der Waals surface area contributed by atoms with Crippen LogP contribution in [0.5, 0.6) is 0 Å². The van der Waals surface area contributed by atoms with E-state index in [4.69, 9.17) is 0 Å². The first-order valence-electron chi connectivity index (χ1n) is 9.33. The van der Waals surface area contributed by atoms with Crippen molar-refractivity contribution in [1.82, 2.24) is 16.0 Å². The summed E-state index contributed by atoms with van der Waals surface area (Å²) in [6.45, 7) is 0.643. The highest BCUT2D eigenvalue weighted by Gasteiger charge is 2.44. The van der Waals surface area contributed by atoms with Crippen LogP contribution in [0.15, 0.2) is 0 Å². The smallest absolute Gasteiger partial charge is 0.381 e. The molecular formula is C17H26F5N3O3. The lowest BCUT2D eigenvalue weighted by molar-refractivity contribution is -0.183. The maximum absolute atomic E-state index is 13.2. The number of carbonyl (C=O) groups is 2. The number of nitrogens with one attached hydrogen (secondary N) is 3. The molecule has 1 saturated carbocycles. The number of halogens is 5. The molecule has 4 atom stereocenters. The zero-order valence-corrected chi connectivity index (χ0v) is 15.5. The van der Waals surface area contributed by atoms with Crippen molar-refractivity contribution in [3.05, 3.63) is 0 Å². The summed E-state index contributed by atoms with van der Waals surface area (Å²) in [4.78, 5) is 24.4. The van der Waals surface area contributed by atoms with E-state index in [1.54, 1.807) is 0 Å². The van der Waals surface area contributed by atoms with Crippen LogP contribution in [-0.2, 0) is 9.59 Å². The molecule has 2 aliphatic rings. The number of alkyl halides is 5. The van der Waals surface area contributed by atoms with Crippen LogP contribution >= 0.6 is 0 Å². The number of aliphatic hydroxyl groups excluding tert-OH is 1.